The monoisotopic (exact) mass is 326 g/mol. The van der Waals surface area contributed by atoms with E-state index in [1.54, 1.807) is 12.1 Å². The molecule has 0 aromatic heterocycles. The quantitative estimate of drug-likeness (QED) is 0.872. The zero-order chi connectivity index (χ0) is 16.2. The molecule has 5 heteroatoms. The molecule has 1 atom stereocenters. The van der Waals surface area contributed by atoms with Crippen molar-refractivity contribution in [3.8, 4) is 0 Å². The fourth-order valence-corrected chi connectivity index (χ4v) is 3.38. The number of fused-ring (bicyclic) bond motifs is 2. The molecule has 0 spiro atoms. The van der Waals surface area contributed by atoms with Crippen LogP contribution in [0, 0.1) is 6.92 Å². The first-order valence-electron chi connectivity index (χ1n) is 7.50. The largest absolute Gasteiger partial charge is 0.374 e. The van der Waals surface area contributed by atoms with Crippen LogP contribution in [0.4, 0.5) is 11.4 Å². The second-order valence-corrected chi connectivity index (χ2v) is 6.39. The van der Waals surface area contributed by atoms with Crippen LogP contribution in [0.25, 0.3) is 0 Å². The smallest absolute Gasteiger partial charge is 0.204 e. The number of nitrogens with zero attached hydrogens (tertiary/aromatic N) is 2. The third-order valence-corrected chi connectivity index (χ3v) is 4.92. The Labute approximate surface area is 139 Å². The fourth-order valence-electron chi connectivity index (χ4n) is 3.22. The number of hydrogen-bond donors (Lipinski definition) is 1. The highest BCUT2D eigenvalue weighted by Gasteiger charge is 2.52. The van der Waals surface area contributed by atoms with Gasteiger partial charge in [0, 0.05) is 29.2 Å². The zero-order valence-corrected chi connectivity index (χ0v) is 13.3. The standard InChI is InChI=1S/C18H15ClN2O2/c1-11-9-15-13(10-14(11)19)16(22)18(23)7-8-21(17(18)20-15)12-5-3-2-4-6-12/h2-6,9-10,23H,7-8H2,1H3. The van der Waals surface area contributed by atoms with Gasteiger partial charge in [-0.2, -0.15) is 0 Å². The Balaban J connectivity index is 1.90. The van der Waals surface area contributed by atoms with Gasteiger partial charge in [0.15, 0.2) is 5.60 Å². The van der Waals surface area contributed by atoms with Crippen LogP contribution < -0.4 is 4.90 Å². The van der Waals surface area contributed by atoms with Crippen LogP contribution in [-0.2, 0) is 0 Å². The molecule has 0 saturated carbocycles. The van der Waals surface area contributed by atoms with Gasteiger partial charge in [-0.25, -0.2) is 4.99 Å². The first-order chi connectivity index (χ1) is 11.0. The highest BCUT2D eigenvalue weighted by atomic mass is 35.5. The SMILES string of the molecule is Cc1cc2c(cc1Cl)C(=O)C1(O)CCN(c3ccccc3)C1=N2. The minimum Gasteiger partial charge on any atom is -0.374 e. The van der Waals surface area contributed by atoms with Crippen molar-refractivity contribution in [3.05, 3.63) is 58.6 Å². The van der Waals surface area contributed by atoms with Crippen LogP contribution in [0.15, 0.2) is 47.5 Å². The molecule has 1 fully saturated rings. The molecule has 2 aromatic carbocycles. The molecule has 0 amide bonds. The number of halogens is 1. The van der Waals surface area contributed by atoms with E-state index in [1.165, 1.54) is 0 Å². The van der Waals surface area contributed by atoms with Crippen molar-refractivity contribution in [2.45, 2.75) is 18.9 Å². The number of carbonyl (C=O) groups excluding carboxylic acids is 1. The van der Waals surface area contributed by atoms with Crippen molar-refractivity contribution in [1.29, 1.82) is 0 Å². The van der Waals surface area contributed by atoms with E-state index in [2.05, 4.69) is 4.99 Å². The first kappa shape index (κ1) is 14.4. The lowest BCUT2D eigenvalue weighted by atomic mass is 9.87. The van der Waals surface area contributed by atoms with Crippen LogP contribution in [0.1, 0.15) is 22.3 Å². The molecule has 116 valence electrons. The Morgan fingerprint density at radius 3 is 2.74 bits per heavy atom. The van der Waals surface area contributed by atoms with Crippen molar-refractivity contribution in [2.24, 2.45) is 4.99 Å². The second-order valence-electron chi connectivity index (χ2n) is 5.98. The minimum atomic E-state index is -1.57. The summed E-state index contributed by atoms with van der Waals surface area (Å²) in [6.45, 7) is 2.42. The fraction of sp³-hybridized carbons (Fsp3) is 0.222. The topological polar surface area (TPSA) is 52.9 Å². The Bertz CT molecular complexity index is 848. The number of para-hydroxylation sites is 1. The van der Waals surface area contributed by atoms with E-state index >= 15 is 0 Å². The molecule has 4 nitrogen and oxygen atoms in total. The molecule has 23 heavy (non-hydrogen) atoms. The maximum atomic E-state index is 12.8. The maximum Gasteiger partial charge on any atom is 0.204 e. The molecule has 0 bridgehead atoms. The highest BCUT2D eigenvalue weighted by molar-refractivity contribution is 6.33. The van der Waals surface area contributed by atoms with Gasteiger partial charge in [0.25, 0.3) is 0 Å². The third-order valence-electron chi connectivity index (χ3n) is 4.51. The third kappa shape index (κ3) is 2.02. The molecular formula is C18H15ClN2O2. The summed E-state index contributed by atoms with van der Waals surface area (Å²) in [5, 5.41) is 11.5. The summed E-state index contributed by atoms with van der Waals surface area (Å²) in [4.78, 5) is 19.4. The van der Waals surface area contributed by atoms with E-state index in [0.717, 1.165) is 11.3 Å². The Morgan fingerprint density at radius 2 is 2.00 bits per heavy atom. The number of benzene rings is 2. The second kappa shape index (κ2) is 4.91. The van der Waals surface area contributed by atoms with Gasteiger partial charge in [-0.05, 0) is 36.8 Å². The van der Waals surface area contributed by atoms with E-state index in [1.807, 2.05) is 42.2 Å². The van der Waals surface area contributed by atoms with E-state index < -0.39 is 5.60 Å². The molecule has 1 N–H and O–H groups in total. The summed E-state index contributed by atoms with van der Waals surface area (Å²) in [5.41, 5.74) is 1.17. The molecule has 2 aliphatic rings. The molecule has 2 heterocycles. The van der Waals surface area contributed by atoms with Gasteiger partial charge in [0.2, 0.25) is 5.78 Å². The number of Topliss-reactive ketones (excluding diaryl/α,β-unsaturated/α-hetero) is 1. The van der Waals surface area contributed by atoms with Gasteiger partial charge in [-0.15, -0.1) is 0 Å². The van der Waals surface area contributed by atoms with Gasteiger partial charge in [-0.1, -0.05) is 29.8 Å². The molecule has 1 saturated heterocycles. The number of amidine groups is 1. The summed E-state index contributed by atoms with van der Waals surface area (Å²) in [5.74, 6) is 0.0840. The predicted octanol–water partition coefficient (Wildman–Crippen LogP) is 3.52. The summed E-state index contributed by atoms with van der Waals surface area (Å²) < 4.78 is 0. The summed E-state index contributed by atoms with van der Waals surface area (Å²) in [7, 11) is 0. The predicted molar refractivity (Wildman–Crippen MR) is 91.0 cm³/mol. The van der Waals surface area contributed by atoms with Crippen molar-refractivity contribution < 1.29 is 9.90 Å². The molecule has 4 rings (SSSR count). The van der Waals surface area contributed by atoms with E-state index in [9.17, 15) is 9.90 Å². The number of ketones is 1. The highest BCUT2D eigenvalue weighted by Crippen LogP contribution is 2.40. The number of aliphatic hydroxyl groups is 1. The normalized spacial score (nSPS) is 22.7. The molecule has 2 aromatic rings. The maximum absolute atomic E-state index is 12.8. The average Bonchev–Trinajstić information content (AvgIpc) is 2.89. The van der Waals surface area contributed by atoms with Crippen molar-refractivity contribution in [2.75, 3.05) is 11.4 Å². The Hall–Kier alpha value is -2.17. The van der Waals surface area contributed by atoms with Crippen LogP contribution in [-0.4, -0.2) is 28.9 Å². The lowest BCUT2D eigenvalue weighted by Gasteiger charge is -2.30. The van der Waals surface area contributed by atoms with Gasteiger partial charge in [-0.3, -0.25) is 4.79 Å². The lowest BCUT2D eigenvalue weighted by molar-refractivity contribution is 0.0602. The summed E-state index contributed by atoms with van der Waals surface area (Å²) >= 11 is 6.13. The van der Waals surface area contributed by atoms with Crippen molar-refractivity contribution >= 4 is 34.6 Å². The van der Waals surface area contributed by atoms with Crippen LogP contribution >= 0.6 is 11.6 Å². The van der Waals surface area contributed by atoms with Crippen LogP contribution in [0.2, 0.25) is 5.02 Å². The number of anilines is 1. The number of hydrogen-bond acceptors (Lipinski definition) is 4. The first-order valence-corrected chi connectivity index (χ1v) is 7.87. The molecule has 2 aliphatic heterocycles. The number of aliphatic imine (C=N–C) groups is 1. The van der Waals surface area contributed by atoms with E-state index in [-0.39, 0.29) is 5.78 Å². The minimum absolute atomic E-state index is 0.321. The van der Waals surface area contributed by atoms with Crippen LogP contribution in [0.5, 0.6) is 0 Å². The zero-order valence-electron chi connectivity index (χ0n) is 12.6. The molecule has 0 aliphatic carbocycles. The molecule has 1 unspecified atom stereocenters. The van der Waals surface area contributed by atoms with Crippen molar-refractivity contribution in [1.82, 2.24) is 0 Å². The van der Waals surface area contributed by atoms with E-state index in [4.69, 9.17) is 11.6 Å². The van der Waals surface area contributed by atoms with Gasteiger partial charge in [0.1, 0.15) is 5.84 Å². The Morgan fingerprint density at radius 1 is 1.26 bits per heavy atom. The van der Waals surface area contributed by atoms with Gasteiger partial charge < -0.3 is 10.0 Å². The van der Waals surface area contributed by atoms with Gasteiger partial charge >= 0.3 is 0 Å². The van der Waals surface area contributed by atoms with Crippen LogP contribution in [0.3, 0.4) is 0 Å². The number of rotatable bonds is 1. The molecule has 0 radical (unpaired) electrons. The van der Waals surface area contributed by atoms with Crippen molar-refractivity contribution in [3.63, 3.8) is 0 Å². The van der Waals surface area contributed by atoms with Gasteiger partial charge in [0.05, 0.1) is 5.69 Å². The van der Waals surface area contributed by atoms with E-state index in [0.29, 0.717) is 35.1 Å². The summed E-state index contributed by atoms with van der Waals surface area (Å²) in [6.07, 6.45) is 0.324. The number of carbonyl (C=O) groups is 1. The molecular weight excluding hydrogens is 312 g/mol. The Kier molecular flexibility index (Phi) is 3.08. The lowest BCUT2D eigenvalue weighted by Crippen LogP contribution is -2.48. The number of aryl methyl sites for hydroxylation is 1. The summed E-state index contributed by atoms with van der Waals surface area (Å²) in [6, 6.07) is 13.1. The average molecular weight is 327 g/mol.